The highest BCUT2D eigenvalue weighted by Crippen LogP contribution is 2.55. The van der Waals surface area contributed by atoms with Gasteiger partial charge in [-0.3, -0.25) is 19.2 Å². The second kappa shape index (κ2) is 21.2. The molecule has 0 fully saturated rings. The van der Waals surface area contributed by atoms with Gasteiger partial charge >= 0.3 is 0 Å². The fraction of sp³-hybridized carbons (Fsp3) is 0.400. The highest BCUT2D eigenvalue weighted by molar-refractivity contribution is 6.08. The van der Waals surface area contributed by atoms with E-state index < -0.39 is 11.8 Å². The minimum absolute atomic E-state index is 0.0853. The van der Waals surface area contributed by atoms with Gasteiger partial charge < -0.3 is 20.1 Å². The Kier molecular flexibility index (Phi) is 14.1. The lowest BCUT2D eigenvalue weighted by Gasteiger charge is -2.43. The van der Waals surface area contributed by atoms with Crippen LogP contribution < -0.4 is 20.1 Å². The van der Waals surface area contributed by atoms with Gasteiger partial charge in [-0.1, -0.05) is 91.8 Å². The molecule has 82 heavy (non-hydrogen) atoms. The predicted octanol–water partition coefficient (Wildman–Crippen LogP) is 14.4. The van der Waals surface area contributed by atoms with Crippen molar-refractivity contribution >= 4 is 23.1 Å². The standard InChI is InChI=1S/C70H76N6O6/c1-67(2)33-51-61(55(77)37-67)59(62-52(71-51)34-68(3,4)38-56(62)78)49-41-75(45-19-13-11-14-20-45)73-65(49)43-23-27-47(28-24-43)81-31-17-9-10-18-32-82-48-29-25-44(26-30-48)66-50(42-76(74-66)46-21-15-12-16-22-46)60-63-53(35-69(5,6)39-57(63)79)72-54-36-70(7,8)40-58(80)64(54)60/h11-16,19-30,41-42,59-60,71-72H,9-10,17-18,31-40H2,1-8H3. The maximum absolute atomic E-state index is 14.3. The van der Waals surface area contributed by atoms with Crippen LogP contribution in [0.2, 0.25) is 0 Å². The molecule has 6 aromatic rings. The van der Waals surface area contributed by atoms with Gasteiger partial charge in [0, 0.05) is 117 Å². The molecule has 2 N–H and O–H groups in total. The Labute approximate surface area is 482 Å². The molecular formula is C70H76N6O6. The molecule has 0 unspecified atom stereocenters. The van der Waals surface area contributed by atoms with E-state index in [2.05, 4.69) is 66.0 Å². The van der Waals surface area contributed by atoms with Gasteiger partial charge in [0.2, 0.25) is 0 Å². The van der Waals surface area contributed by atoms with E-state index in [0.717, 1.165) is 131 Å². The lowest BCUT2D eigenvalue weighted by molar-refractivity contribution is -0.120. The third-order valence-electron chi connectivity index (χ3n) is 17.4. The lowest BCUT2D eigenvalue weighted by atomic mass is 9.64. The van der Waals surface area contributed by atoms with E-state index in [1.165, 1.54) is 0 Å². The van der Waals surface area contributed by atoms with Gasteiger partial charge in [0.1, 0.15) is 11.5 Å². The molecule has 0 bridgehead atoms. The molecule has 12 rings (SSSR count). The van der Waals surface area contributed by atoms with Crippen LogP contribution in [-0.2, 0) is 19.2 Å². The number of rotatable bonds is 15. The molecule has 12 heteroatoms. The zero-order chi connectivity index (χ0) is 57.3. The van der Waals surface area contributed by atoms with Gasteiger partial charge in [-0.2, -0.15) is 10.2 Å². The summed E-state index contributed by atoms with van der Waals surface area (Å²) in [5.41, 5.74) is 12.5. The Morgan fingerprint density at radius 2 is 0.720 bits per heavy atom. The van der Waals surface area contributed by atoms with Crippen molar-refractivity contribution in [2.45, 2.75) is 144 Å². The summed E-state index contributed by atoms with van der Waals surface area (Å²) in [4.78, 5) is 57.2. The largest absolute Gasteiger partial charge is 0.494 e. The molecule has 0 saturated carbocycles. The monoisotopic (exact) mass is 1100 g/mol. The van der Waals surface area contributed by atoms with Crippen LogP contribution in [0.25, 0.3) is 33.9 Å². The molecule has 6 aliphatic rings. The average molecular weight is 1100 g/mol. The van der Waals surface area contributed by atoms with Crippen LogP contribution in [0, 0.1) is 21.7 Å². The number of carbonyl (C=O) groups excluding carboxylic acids is 4. The summed E-state index contributed by atoms with van der Waals surface area (Å²) in [6.45, 7) is 18.3. The topological polar surface area (TPSA) is 146 Å². The first-order valence-electron chi connectivity index (χ1n) is 29.5. The number of hydrogen-bond acceptors (Lipinski definition) is 10. The van der Waals surface area contributed by atoms with Crippen molar-refractivity contribution in [1.82, 2.24) is 30.2 Å². The van der Waals surface area contributed by atoms with Crippen LogP contribution in [0.15, 0.2) is 167 Å². The summed E-state index contributed by atoms with van der Waals surface area (Å²) in [5, 5.41) is 17.7. The fourth-order valence-corrected chi connectivity index (χ4v) is 13.8. The zero-order valence-corrected chi connectivity index (χ0v) is 48.8. The number of nitrogens with one attached hydrogen (secondary N) is 2. The normalized spacial score (nSPS) is 20.2. The minimum atomic E-state index is -0.523. The van der Waals surface area contributed by atoms with E-state index in [9.17, 15) is 19.2 Å². The van der Waals surface area contributed by atoms with Crippen LogP contribution in [0.3, 0.4) is 0 Å². The Hall–Kier alpha value is -7.86. The molecular weight excluding hydrogens is 1020 g/mol. The molecule has 0 saturated heterocycles. The van der Waals surface area contributed by atoms with Crippen molar-refractivity contribution in [3.63, 3.8) is 0 Å². The molecule has 4 aromatic carbocycles. The van der Waals surface area contributed by atoms with Crippen molar-refractivity contribution in [2.24, 2.45) is 21.7 Å². The van der Waals surface area contributed by atoms with E-state index in [-0.39, 0.29) is 44.8 Å². The van der Waals surface area contributed by atoms with Crippen LogP contribution in [0.1, 0.15) is 155 Å². The average Bonchev–Trinajstić information content (AvgIpc) is 1.50. The number of carbonyl (C=O) groups is 4. The van der Waals surface area contributed by atoms with Gasteiger partial charge in [-0.25, -0.2) is 9.36 Å². The number of para-hydroxylation sites is 2. The molecule has 422 valence electrons. The van der Waals surface area contributed by atoms with E-state index in [4.69, 9.17) is 19.7 Å². The molecule has 2 aliphatic heterocycles. The van der Waals surface area contributed by atoms with Crippen molar-refractivity contribution < 1.29 is 28.7 Å². The quantitative estimate of drug-likeness (QED) is 0.0953. The van der Waals surface area contributed by atoms with Crippen LogP contribution in [0.4, 0.5) is 0 Å². The highest BCUT2D eigenvalue weighted by atomic mass is 16.5. The van der Waals surface area contributed by atoms with Crippen LogP contribution in [0.5, 0.6) is 11.5 Å². The second-order valence-electron chi connectivity index (χ2n) is 27.0. The summed E-state index contributed by atoms with van der Waals surface area (Å²) >= 11 is 0. The number of allylic oxidation sites excluding steroid dienone is 8. The van der Waals surface area contributed by atoms with Gasteiger partial charge in [-0.05, 0) is 146 Å². The Morgan fingerprint density at radius 1 is 0.415 bits per heavy atom. The molecule has 0 spiro atoms. The van der Waals surface area contributed by atoms with Gasteiger partial charge in [0.25, 0.3) is 0 Å². The number of dihydropyridines is 2. The maximum Gasteiger partial charge on any atom is 0.162 e. The predicted molar refractivity (Wildman–Crippen MR) is 319 cm³/mol. The lowest BCUT2D eigenvalue weighted by Crippen LogP contribution is -2.42. The molecule has 0 radical (unpaired) electrons. The first-order valence-corrected chi connectivity index (χ1v) is 29.5. The molecule has 12 nitrogen and oxygen atoms in total. The summed E-state index contributed by atoms with van der Waals surface area (Å²) in [6, 6.07) is 36.1. The van der Waals surface area contributed by atoms with Crippen molar-refractivity contribution in [3.05, 3.63) is 178 Å². The smallest absolute Gasteiger partial charge is 0.162 e. The summed E-state index contributed by atoms with van der Waals surface area (Å²) in [7, 11) is 0. The number of hydrogen-bond donors (Lipinski definition) is 2. The van der Waals surface area contributed by atoms with Gasteiger partial charge in [0.05, 0.1) is 36.0 Å². The number of Topliss-reactive ketones (excluding diaryl/α,β-unsaturated/α-hetero) is 4. The number of ether oxygens (including phenoxy) is 2. The summed E-state index contributed by atoms with van der Waals surface area (Å²) < 4.78 is 16.3. The number of aromatic nitrogens is 4. The first-order chi connectivity index (χ1) is 39.2. The maximum atomic E-state index is 14.3. The highest BCUT2D eigenvalue weighted by Gasteiger charge is 2.49. The third-order valence-corrected chi connectivity index (χ3v) is 17.4. The van der Waals surface area contributed by atoms with Crippen molar-refractivity contribution in [1.29, 1.82) is 0 Å². The fourth-order valence-electron chi connectivity index (χ4n) is 13.8. The third kappa shape index (κ3) is 10.9. The Bertz CT molecular complexity index is 3320. The molecule has 4 aliphatic carbocycles. The number of benzene rings is 4. The zero-order valence-electron chi connectivity index (χ0n) is 48.8. The SMILES string of the molecule is CC1(C)CC(=O)C2=C(C1)NC1=C(C(=O)CC(C)(C)C1)C2c1cn(-c2ccccc2)nc1-c1ccc(OCCCCCCOc2ccc(-c3nn(-c4ccccc4)cc3C3C4=C(CC(C)(C)CC4=O)NC4=C3C(=O)CC(C)(C)C4)cc2)cc1. The van der Waals surface area contributed by atoms with Crippen molar-refractivity contribution in [3.8, 4) is 45.4 Å². The van der Waals surface area contributed by atoms with Gasteiger partial charge in [0.15, 0.2) is 23.1 Å². The summed E-state index contributed by atoms with van der Waals surface area (Å²) in [6.07, 6.45) is 12.4. The van der Waals surface area contributed by atoms with Gasteiger partial charge in [-0.15, -0.1) is 0 Å². The van der Waals surface area contributed by atoms with Crippen molar-refractivity contribution in [2.75, 3.05) is 13.2 Å². The minimum Gasteiger partial charge on any atom is -0.494 e. The molecule has 4 heterocycles. The van der Waals surface area contributed by atoms with Crippen LogP contribution in [-0.4, -0.2) is 55.9 Å². The number of unbranched alkanes of at least 4 members (excludes halogenated alkanes) is 3. The molecule has 2 aromatic heterocycles. The van der Waals surface area contributed by atoms with E-state index in [1.54, 1.807) is 0 Å². The van der Waals surface area contributed by atoms with E-state index in [1.807, 2.05) is 131 Å². The molecule has 0 atom stereocenters. The van der Waals surface area contributed by atoms with Crippen LogP contribution >= 0.6 is 0 Å². The Morgan fingerprint density at radius 3 is 1.02 bits per heavy atom. The first kappa shape index (κ1) is 54.7. The number of nitrogens with zero attached hydrogens (tertiary/aromatic N) is 4. The Balaban J connectivity index is 0.702. The molecule has 0 amide bonds. The van der Waals surface area contributed by atoms with E-state index in [0.29, 0.717) is 61.2 Å². The summed E-state index contributed by atoms with van der Waals surface area (Å²) in [5.74, 6) is 0.827. The number of ketones is 4. The second-order valence-corrected chi connectivity index (χ2v) is 27.0. The van der Waals surface area contributed by atoms with E-state index >= 15 is 0 Å².